The summed E-state index contributed by atoms with van der Waals surface area (Å²) in [6, 6.07) is 16.3. The van der Waals surface area contributed by atoms with Crippen molar-refractivity contribution in [3.63, 3.8) is 0 Å². The fourth-order valence-electron chi connectivity index (χ4n) is 6.16. The summed E-state index contributed by atoms with van der Waals surface area (Å²) in [4.78, 5) is 40.5. The van der Waals surface area contributed by atoms with Crippen LogP contribution in [0.3, 0.4) is 0 Å². The molecule has 3 N–H and O–H groups in total. The van der Waals surface area contributed by atoms with Gasteiger partial charge in [-0.1, -0.05) is 42.3 Å². The van der Waals surface area contributed by atoms with E-state index in [-0.39, 0.29) is 39.9 Å². The number of amides is 1. The largest absolute Gasteiger partial charge is 0.416 e. The average molecular weight is 701 g/mol. The summed E-state index contributed by atoms with van der Waals surface area (Å²) in [6.45, 7) is 1.70. The molecule has 0 bridgehead atoms. The molecule has 13 heteroatoms. The number of carbonyl (C=O) groups excluding carboxylic acids is 2. The van der Waals surface area contributed by atoms with Gasteiger partial charge < -0.3 is 16.0 Å². The van der Waals surface area contributed by atoms with Crippen LogP contribution < -0.4 is 16.0 Å². The standard InChI is InChI=1S/C37H29ClF4N6O2/c1-19-32(35(50)46-30-17-23(13-14-43-30)34(49)21-3-2-4-21)33(48-36(44-19)47-31-18-24-15-26(39)10-12-29(24)45-31)27-11-7-22(16-28(27)38)20-5-8-25(9-6-20)37(40,41)42/h5-17,21,33H,2-4,18H2,1H3,(H,43,46,50)(H2,44,45,47,48). The van der Waals surface area contributed by atoms with Crippen LogP contribution in [0.15, 0.2) is 100 Å². The molecular formula is C37H29ClF4N6O2. The molecule has 3 aliphatic rings. The predicted molar refractivity (Wildman–Crippen MR) is 183 cm³/mol. The number of carbonyl (C=O) groups is 2. The topological polar surface area (TPSA) is 108 Å². The van der Waals surface area contributed by atoms with Crippen LogP contribution in [-0.4, -0.2) is 28.5 Å². The number of hydrogen-bond acceptors (Lipinski definition) is 7. The van der Waals surface area contributed by atoms with E-state index in [1.807, 2.05) is 0 Å². The lowest BCUT2D eigenvalue weighted by Crippen LogP contribution is -2.44. The Labute approximate surface area is 289 Å². The third kappa shape index (κ3) is 6.75. The van der Waals surface area contributed by atoms with Crippen molar-refractivity contribution in [3.8, 4) is 11.1 Å². The first-order valence-electron chi connectivity index (χ1n) is 15.9. The number of alkyl halides is 3. The number of Topliss-reactive ketones (excluding diaryl/α,β-unsaturated/α-hetero) is 1. The van der Waals surface area contributed by atoms with Gasteiger partial charge in [0.25, 0.3) is 5.91 Å². The van der Waals surface area contributed by atoms with E-state index in [4.69, 9.17) is 16.6 Å². The Bertz CT molecular complexity index is 2120. The van der Waals surface area contributed by atoms with Crippen molar-refractivity contribution in [2.24, 2.45) is 15.9 Å². The summed E-state index contributed by atoms with van der Waals surface area (Å²) in [7, 11) is 0. The molecule has 2 aliphatic heterocycles. The molecule has 1 aliphatic carbocycles. The first-order chi connectivity index (χ1) is 23.9. The monoisotopic (exact) mass is 700 g/mol. The van der Waals surface area contributed by atoms with E-state index in [9.17, 15) is 27.2 Å². The molecule has 1 amide bonds. The molecule has 8 nitrogen and oxygen atoms in total. The Morgan fingerprint density at radius 3 is 2.42 bits per heavy atom. The minimum atomic E-state index is -4.47. The Morgan fingerprint density at radius 2 is 1.72 bits per heavy atom. The second kappa shape index (κ2) is 13.2. The maximum atomic E-state index is 14.0. The van der Waals surface area contributed by atoms with Crippen LogP contribution in [0.1, 0.15) is 59.3 Å². The number of fused-ring (bicyclic) bond motifs is 1. The SMILES string of the molecule is CC1=C(C(=O)Nc2cc(C(=O)C3CCC3)ccn2)C(c2ccc(-c3ccc(C(F)(F)F)cc3)cc2Cl)N=C(NC2=Nc3ccc(F)cc3C2)N1. The van der Waals surface area contributed by atoms with Crippen molar-refractivity contribution in [2.75, 3.05) is 5.32 Å². The Morgan fingerprint density at radius 1 is 0.960 bits per heavy atom. The van der Waals surface area contributed by atoms with Crippen LogP contribution in [0, 0.1) is 11.7 Å². The Balaban J connectivity index is 1.20. The second-order valence-electron chi connectivity index (χ2n) is 12.4. The van der Waals surface area contributed by atoms with Crippen LogP contribution in [0.5, 0.6) is 0 Å². The molecule has 1 aromatic heterocycles. The van der Waals surface area contributed by atoms with Gasteiger partial charge in [-0.3, -0.25) is 9.59 Å². The number of nitrogens with one attached hydrogen (secondary N) is 3. The Hall–Kier alpha value is -5.36. The summed E-state index contributed by atoms with van der Waals surface area (Å²) in [5.41, 5.74) is 3.23. The van der Waals surface area contributed by atoms with Gasteiger partial charge in [0.05, 0.1) is 16.8 Å². The maximum Gasteiger partial charge on any atom is 0.416 e. The number of rotatable bonds is 6. The normalized spacial score (nSPS) is 17.3. The van der Waals surface area contributed by atoms with Crippen LogP contribution in [0.2, 0.25) is 5.02 Å². The predicted octanol–water partition coefficient (Wildman–Crippen LogP) is 8.33. The average Bonchev–Trinajstić information content (AvgIpc) is 3.44. The molecule has 3 aromatic carbocycles. The summed E-state index contributed by atoms with van der Waals surface area (Å²) >= 11 is 6.84. The maximum absolute atomic E-state index is 14.0. The lowest BCUT2D eigenvalue weighted by Gasteiger charge is -2.27. The molecule has 50 heavy (non-hydrogen) atoms. The van der Waals surface area contributed by atoms with Crippen molar-refractivity contribution < 1.29 is 27.2 Å². The molecule has 1 saturated carbocycles. The third-order valence-corrected chi connectivity index (χ3v) is 9.33. The molecule has 0 spiro atoms. The van der Waals surface area contributed by atoms with Crippen molar-refractivity contribution in [1.82, 2.24) is 15.6 Å². The number of ketones is 1. The van der Waals surface area contributed by atoms with Gasteiger partial charge in [-0.25, -0.2) is 19.4 Å². The molecule has 7 rings (SSSR count). The number of aromatic nitrogens is 1. The fraction of sp³-hybridized carbons (Fsp3) is 0.216. The van der Waals surface area contributed by atoms with Gasteiger partial charge in [0.1, 0.15) is 23.5 Å². The first kappa shape index (κ1) is 33.2. The van der Waals surface area contributed by atoms with Gasteiger partial charge >= 0.3 is 6.18 Å². The third-order valence-electron chi connectivity index (χ3n) is 9.01. The van der Waals surface area contributed by atoms with E-state index in [0.717, 1.165) is 31.4 Å². The van der Waals surface area contributed by atoms with Gasteiger partial charge in [-0.15, -0.1) is 0 Å². The van der Waals surface area contributed by atoms with Gasteiger partial charge in [0.2, 0.25) is 5.96 Å². The van der Waals surface area contributed by atoms with Crippen molar-refractivity contribution in [2.45, 2.75) is 44.8 Å². The number of amidine groups is 1. The number of pyridine rings is 1. The van der Waals surface area contributed by atoms with Crippen LogP contribution in [-0.2, 0) is 17.4 Å². The van der Waals surface area contributed by atoms with Gasteiger partial charge in [0, 0.05) is 40.4 Å². The minimum Gasteiger partial charge on any atom is -0.329 e. The summed E-state index contributed by atoms with van der Waals surface area (Å²) < 4.78 is 53.3. The minimum absolute atomic E-state index is 0.0155. The molecule has 0 saturated heterocycles. The second-order valence-corrected chi connectivity index (χ2v) is 12.8. The Kier molecular flexibility index (Phi) is 8.73. The first-order valence-corrected chi connectivity index (χ1v) is 16.3. The van der Waals surface area contributed by atoms with Crippen molar-refractivity contribution in [1.29, 1.82) is 0 Å². The van der Waals surface area contributed by atoms with Gasteiger partial charge in [-0.05, 0) is 85.0 Å². The zero-order valence-electron chi connectivity index (χ0n) is 26.5. The van der Waals surface area contributed by atoms with E-state index in [0.29, 0.717) is 51.5 Å². The van der Waals surface area contributed by atoms with Crippen molar-refractivity contribution in [3.05, 3.63) is 123 Å². The number of anilines is 1. The van der Waals surface area contributed by atoms with E-state index >= 15 is 0 Å². The number of allylic oxidation sites excluding steroid dienone is 1. The number of guanidine groups is 1. The van der Waals surface area contributed by atoms with Crippen LogP contribution in [0.25, 0.3) is 11.1 Å². The highest BCUT2D eigenvalue weighted by atomic mass is 35.5. The van der Waals surface area contributed by atoms with Crippen LogP contribution in [0.4, 0.5) is 29.1 Å². The van der Waals surface area contributed by atoms with Gasteiger partial charge in [-0.2, -0.15) is 13.2 Å². The highest BCUT2D eigenvalue weighted by Crippen LogP contribution is 2.38. The molecule has 1 unspecified atom stereocenters. The summed E-state index contributed by atoms with van der Waals surface area (Å²) in [5.74, 6) is 0.0597. The van der Waals surface area contributed by atoms with Crippen molar-refractivity contribution >= 4 is 46.6 Å². The molecule has 1 atom stereocenters. The number of aliphatic imine (C=N–C) groups is 2. The van der Waals surface area contributed by atoms with E-state index in [1.165, 1.54) is 30.5 Å². The number of halogens is 5. The van der Waals surface area contributed by atoms with Crippen LogP contribution >= 0.6 is 11.6 Å². The highest BCUT2D eigenvalue weighted by Gasteiger charge is 2.33. The summed E-state index contributed by atoms with van der Waals surface area (Å²) in [5, 5.41) is 9.31. The molecule has 254 valence electrons. The fourth-order valence-corrected chi connectivity index (χ4v) is 6.44. The quantitative estimate of drug-likeness (QED) is 0.139. The van der Waals surface area contributed by atoms with E-state index < -0.39 is 23.7 Å². The van der Waals surface area contributed by atoms with E-state index in [1.54, 1.807) is 43.3 Å². The number of nitrogens with zero attached hydrogens (tertiary/aromatic N) is 3. The van der Waals surface area contributed by atoms with E-state index in [2.05, 4.69) is 25.9 Å². The number of benzene rings is 3. The lowest BCUT2D eigenvalue weighted by atomic mass is 9.80. The molecule has 0 radical (unpaired) electrons. The highest BCUT2D eigenvalue weighted by molar-refractivity contribution is 6.32. The smallest absolute Gasteiger partial charge is 0.329 e. The molecular weight excluding hydrogens is 672 g/mol. The zero-order chi connectivity index (χ0) is 35.2. The van der Waals surface area contributed by atoms with Gasteiger partial charge in [0.15, 0.2) is 5.78 Å². The molecule has 4 aromatic rings. The number of hydrogen-bond donors (Lipinski definition) is 3. The lowest BCUT2D eigenvalue weighted by molar-refractivity contribution is -0.137. The molecule has 3 heterocycles. The summed E-state index contributed by atoms with van der Waals surface area (Å²) in [6.07, 6.45) is 0.0270. The molecule has 1 fully saturated rings. The zero-order valence-corrected chi connectivity index (χ0v) is 27.3.